The van der Waals surface area contributed by atoms with Crippen molar-refractivity contribution in [3.63, 3.8) is 0 Å². The molecule has 2 amide bonds. The van der Waals surface area contributed by atoms with Crippen LogP contribution < -0.4 is 5.73 Å². The molecule has 1 heterocycles. The molecule has 2 N–H and O–H groups in total. The molecule has 0 spiro atoms. The first kappa shape index (κ1) is 16.0. The second-order valence-electron chi connectivity index (χ2n) is 5.45. The summed E-state index contributed by atoms with van der Waals surface area (Å²) in [5.74, 6) is -0.0541. The molecular formula is C16H20N4O2. The quantitative estimate of drug-likeness (QED) is 0.858. The lowest BCUT2D eigenvalue weighted by Gasteiger charge is -2.35. The Hall–Kier alpha value is -2.39. The molecule has 0 saturated carbocycles. The summed E-state index contributed by atoms with van der Waals surface area (Å²) < 4.78 is 0. The van der Waals surface area contributed by atoms with Gasteiger partial charge in [-0.3, -0.25) is 9.59 Å². The van der Waals surface area contributed by atoms with Gasteiger partial charge in [0.25, 0.3) is 0 Å². The van der Waals surface area contributed by atoms with Crippen molar-refractivity contribution < 1.29 is 9.59 Å². The van der Waals surface area contributed by atoms with Crippen molar-refractivity contribution in [2.24, 2.45) is 5.73 Å². The number of carbonyl (C=O) groups excluding carboxylic acids is 2. The topological polar surface area (TPSA) is 90.4 Å². The summed E-state index contributed by atoms with van der Waals surface area (Å²) in [6, 6.07) is 8.53. The summed E-state index contributed by atoms with van der Waals surface area (Å²) in [5.41, 5.74) is 7.53. The molecule has 1 fully saturated rings. The van der Waals surface area contributed by atoms with Gasteiger partial charge in [-0.05, 0) is 24.1 Å². The minimum atomic E-state index is -0.600. The molecule has 1 aliphatic rings. The van der Waals surface area contributed by atoms with Crippen LogP contribution in [0.5, 0.6) is 0 Å². The zero-order valence-electron chi connectivity index (χ0n) is 12.7. The number of hydrogen-bond donors (Lipinski definition) is 1. The van der Waals surface area contributed by atoms with Gasteiger partial charge in [-0.2, -0.15) is 5.26 Å². The molecule has 0 bridgehead atoms. The predicted octanol–water partition coefficient (Wildman–Crippen LogP) is 0.119. The third kappa shape index (κ3) is 3.83. The van der Waals surface area contributed by atoms with Crippen LogP contribution in [-0.2, 0) is 16.0 Å². The van der Waals surface area contributed by atoms with Crippen molar-refractivity contribution in [1.82, 2.24) is 9.80 Å². The summed E-state index contributed by atoms with van der Waals surface area (Å²) in [6.07, 6.45) is 0.442. The fourth-order valence-corrected chi connectivity index (χ4v) is 2.53. The smallest absolute Gasteiger partial charge is 0.239 e. The number of nitrogens with two attached hydrogens (primary N) is 1. The molecule has 0 aromatic heterocycles. The van der Waals surface area contributed by atoms with Crippen LogP contribution >= 0.6 is 0 Å². The van der Waals surface area contributed by atoms with Gasteiger partial charge in [-0.1, -0.05) is 12.1 Å². The number of benzene rings is 1. The van der Waals surface area contributed by atoms with E-state index >= 15 is 0 Å². The van der Waals surface area contributed by atoms with E-state index in [0.29, 0.717) is 38.2 Å². The molecule has 6 heteroatoms. The molecule has 1 saturated heterocycles. The van der Waals surface area contributed by atoms with Gasteiger partial charge < -0.3 is 15.5 Å². The minimum absolute atomic E-state index is 0.0361. The Labute approximate surface area is 130 Å². The summed E-state index contributed by atoms with van der Waals surface area (Å²) in [7, 11) is 0. The third-order valence-corrected chi connectivity index (χ3v) is 3.89. The molecule has 1 atom stereocenters. The zero-order valence-corrected chi connectivity index (χ0v) is 12.7. The first-order valence-corrected chi connectivity index (χ1v) is 7.30. The zero-order chi connectivity index (χ0) is 16.1. The van der Waals surface area contributed by atoms with E-state index < -0.39 is 6.04 Å². The largest absolute Gasteiger partial charge is 0.339 e. The molecule has 2 rings (SSSR count). The molecule has 0 aliphatic carbocycles. The molecule has 1 unspecified atom stereocenters. The molecule has 1 aromatic carbocycles. The average Bonchev–Trinajstić information content (AvgIpc) is 2.55. The lowest BCUT2D eigenvalue weighted by atomic mass is 10.0. The number of piperazine rings is 1. The van der Waals surface area contributed by atoms with Gasteiger partial charge in [0.1, 0.15) is 0 Å². The molecule has 22 heavy (non-hydrogen) atoms. The number of amides is 2. The lowest BCUT2D eigenvalue weighted by Crippen LogP contribution is -2.54. The number of rotatable bonds is 3. The summed E-state index contributed by atoms with van der Waals surface area (Å²) in [6.45, 7) is 3.71. The predicted molar refractivity (Wildman–Crippen MR) is 81.7 cm³/mol. The first-order valence-electron chi connectivity index (χ1n) is 7.30. The van der Waals surface area contributed by atoms with Crippen LogP contribution in [0.4, 0.5) is 0 Å². The van der Waals surface area contributed by atoms with E-state index in [9.17, 15) is 9.59 Å². The Bertz CT molecular complexity index is 583. The second kappa shape index (κ2) is 7.05. The summed E-state index contributed by atoms with van der Waals surface area (Å²) >= 11 is 0. The Morgan fingerprint density at radius 2 is 1.73 bits per heavy atom. The van der Waals surface area contributed by atoms with Gasteiger partial charge in [-0.15, -0.1) is 0 Å². The van der Waals surface area contributed by atoms with Crippen molar-refractivity contribution in [3.8, 4) is 6.07 Å². The Kier molecular flexibility index (Phi) is 5.12. The van der Waals surface area contributed by atoms with Crippen molar-refractivity contribution in [1.29, 1.82) is 5.26 Å². The lowest BCUT2D eigenvalue weighted by molar-refractivity contribution is -0.139. The average molecular weight is 300 g/mol. The van der Waals surface area contributed by atoms with Crippen molar-refractivity contribution in [3.05, 3.63) is 35.4 Å². The monoisotopic (exact) mass is 300 g/mol. The fraction of sp³-hybridized carbons (Fsp3) is 0.438. The van der Waals surface area contributed by atoms with Gasteiger partial charge in [0.2, 0.25) is 11.8 Å². The van der Waals surface area contributed by atoms with Crippen molar-refractivity contribution in [2.75, 3.05) is 26.2 Å². The molecule has 0 radical (unpaired) electrons. The molecule has 1 aliphatic heterocycles. The van der Waals surface area contributed by atoms with Gasteiger partial charge >= 0.3 is 0 Å². The van der Waals surface area contributed by atoms with Crippen LogP contribution in [-0.4, -0.2) is 53.8 Å². The fourth-order valence-electron chi connectivity index (χ4n) is 2.53. The second-order valence-corrected chi connectivity index (χ2v) is 5.45. The first-order chi connectivity index (χ1) is 10.5. The van der Waals surface area contributed by atoms with E-state index in [0.717, 1.165) is 5.56 Å². The van der Waals surface area contributed by atoms with Gasteiger partial charge in [0.15, 0.2) is 0 Å². The Balaban J connectivity index is 1.89. The maximum Gasteiger partial charge on any atom is 0.239 e. The van der Waals surface area contributed by atoms with Crippen LogP contribution in [0, 0.1) is 11.3 Å². The van der Waals surface area contributed by atoms with Crippen molar-refractivity contribution >= 4 is 11.8 Å². The SMILES string of the molecule is CC(=O)N1CCN(C(=O)C(N)Cc2ccc(C#N)cc2)CC1. The number of hydrogen-bond acceptors (Lipinski definition) is 4. The number of carbonyl (C=O) groups is 2. The summed E-state index contributed by atoms with van der Waals surface area (Å²) in [4.78, 5) is 27.1. The standard InChI is InChI=1S/C16H20N4O2/c1-12(21)19-6-8-20(9-7-19)16(22)15(18)10-13-2-4-14(11-17)5-3-13/h2-5,15H,6-10,18H2,1H3. The molecule has 6 nitrogen and oxygen atoms in total. The van der Waals surface area contributed by atoms with Gasteiger partial charge in [0, 0.05) is 33.1 Å². The van der Waals surface area contributed by atoms with E-state index in [4.69, 9.17) is 11.0 Å². The van der Waals surface area contributed by atoms with Gasteiger partial charge in [0.05, 0.1) is 17.7 Å². The number of nitriles is 1. The van der Waals surface area contributed by atoms with E-state index in [1.807, 2.05) is 12.1 Å². The van der Waals surface area contributed by atoms with Crippen LogP contribution in [0.3, 0.4) is 0 Å². The van der Waals surface area contributed by atoms with Crippen LogP contribution in [0.2, 0.25) is 0 Å². The molecular weight excluding hydrogens is 280 g/mol. The number of nitrogens with zero attached hydrogens (tertiary/aromatic N) is 3. The third-order valence-electron chi connectivity index (χ3n) is 3.89. The highest BCUT2D eigenvalue weighted by Crippen LogP contribution is 2.09. The summed E-state index contributed by atoms with van der Waals surface area (Å²) in [5, 5.41) is 8.77. The van der Waals surface area contributed by atoms with Gasteiger partial charge in [-0.25, -0.2) is 0 Å². The highest BCUT2D eigenvalue weighted by molar-refractivity contribution is 5.82. The maximum absolute atomic E-state index is 12.3. The van der Waals surface area contributed by atoms with E-state index in [2.05, 4.69) is 6.07 Å². The molecule has 116 valence electrons. The highest BCUT2D eigenvalue weighted by Gasteiger charge is 2.26. The maximum atomic E-state index is 12.3. The van der Waals surface area contributed by atoms with E-state index in [1.54, 1.807) is 21.9 Å². The van der Waals surface area contributed by atoms with Crippen molar-refractivity contribution in [2.45, 2.75) is 19.4 Å². The van der Waals surface area contributed by atoms with E-state index in [-0.39, 0.29) is 11.8 Å². The Morgan fingerprint density at radius 3 is 2.23 bits per heavy atom. The molecule has 1 aromatic rings. The normalized spacial score (nSPS) is 16.0. The van der Waals surface area contributed by atoms with Crippen LogP contribution in [0.15, 0.2) is 24.3 Å². The minimum Gasteiger partial charge on any atom is -0.339 e. The Morgan fingerprint density at radius 1 is 1.18 bits per heavy atom. The highest BCUT2D eigenvalue weighted by atomic mass is 16.2. The van der Waals surface area contributed by atoms with E-state index in [1.165, 1.54) is 6.92 Å². The van der Waals surface area contributed by atoms with Crippen LogP contribution in [0.1, 0.15) is 18.1 Å². The van der Waals surface area contributed by atoms with Crippen LogP contribution in [0.25, 0.3) is 0 Å².